The van der Waals surface area contributed by atoms with Crippen LogP contribution in [0.3, 0.4) is 0 Å². The fourth-order valence-corrected chi connectivity index (χ4v) is 0.742. The van der Waals surface area contributed by atoms with Gasteiger partial charge in [-0.2, -0.15) is 0 Å². The Morgan fingerprint density at radius 2 is 1.62 bits per heavy atom. The lowest BCUT2D eigenvalue weighted by molar-refractivity contribution is -0.139. The topological polar surface area (TPSA) is 82.1 Å². The first kappa shape index (κ1) is 14.6. The molecule has 6 heteroatoms. The maximum absolute atomic E-state index is 10.6. The molecule has 0 saturated heterocycles. The summed E-state index contributed by atoms with van der Waals surface area (Å²) in [6.07, 6.45) is 1.06. The van der Waals surface area contributed by atoms with Gasteiger partial charge in [0.2, 0.25) is 0 Å². The van der Waals surface area contributed by atoms with Crippen LogP contribution in [0.4, 0.5) is 0 Å². The standard InChI is InChI=1S/C10H16O6/c1-2-10(13)16-8-7-15-6-5-14-4-3-9(11)12/h2H,1,3-8H2,(H,11,12). The largest absolute Gasteiger partial charge is 0.481 e. The van der Waals surface area contributed by atoms with E-state index in [-0.39, 0.29) is 26.2 Å². The minimum absolute atomic E-state index is 0.0169. The highest BCUT2D eigenvalue weighted by atomic mass is 16.6. The molecule has 0 unspecified atom stereocenters. The molecule has 0 saturated carbocycles. The summed E-state index contributed by atoms with van der Waals surface area (Å²) in [7, 11) is 0. The van der Waals surface area contributed by atoms with Crippen molar-refractivity contribution in [3.63, 3.8) is 0 Å². The van der Waals surface area contributed by atoms with Gasteiger partial charge < -0.3 is 19.3 Å². The summed E-state index contributed by atoms with van der Waals surface area (Å²) in [5, 5.41) is 8.29. The Morgan fingerprint density at radius 3 is 2.19 bits per heavy atom. The van der Waals surface area contributed by atoms with E-state index in [0.717, 1.165) is 6.08 Å². The number of hydrogen-bond donors (Lipinski definition) is 1. The van der Waals surface area contributed by atoms with Crippen LogP contribution in [0, 0.1) is 0 Å². The summed E-state index contributed by atoms with van der Waals surface area (Å²) in [6.45, 7) is 4.52. The number of rotatable bonds is 10. The van der Waals surface area contributed by atoms with Crippen molar-refractivity contribution in [2.45, 2.75) is 6.42 Å². The van der Waals surface area contributed by atoms with E-state index in [4.69, 9.17) is 14.6 Å². The number of carboxylic acids is 1. The number of carboxylic acid groups (broad SMARTS) is 1. The predicted molar refractivity (Wildman–Crippen MR) is 55.0 cm³/mol. The van der Waals surface area contributed by atoms with Crippen LogP contribution in [0.5, 0.6) is 0 Å². The molecule has 0 rings (SSSR count). The Hall–Kier alpha value is -1.40. The second-order valence-electron chi connectivity index (χ2n) is 2.74. The number of ether oxygens (including phenoxy) is 3. The zero-order valence-electron chi connectivity index (χ0n) is 9.02. The van der Waals surface area contributed by atoms with Crippen molar-refractivity contribution in [1.82, 2.24) is 0 Å². The van der Waals surface area contributed by atoms with E-state index in [9.17, 15) is 9.59 Å². The lowest BCUT2D eigenvalue weighted by Crippen LogP contribution is -2.12. The first-order chi connectivity index (χ1) is 7.66. The van der Waals surface area contributed by atoms with Gasteiger partial charge in [0.25, 0.3) is 0 Å². The van der Waals surface area contributed by atoms with Gasteiger partial charge in [-0.25, -0.2) is 4.79 Å². The average molecular weight is 232 g/mol. The van der Waals surface area contributed by atoms with Gasteiger partial charge in [-0.1, -0.05) is 6.58 Å². The molecular weight excluding hydrogens is 216 g/mol. The molecule has 0 spiro atoms. The number of carbonyl (C=O) groups is 2. The van der Waals surface area contributed by atoms with E-state index >= 15 is 0 Å². The SMILES string of the molecule is C=CC(=O)OCCOCCOCCC(=O)O. The molecule has 1 N–H and O–H groups in total. The van der Waals surface area contributed by atoms with Crippen molar-refractivity contribution in [3.05, 3.63) is 12.7 Å². The van der Waals surface area contributed by atoms with Crippen LogP contribution in [0.2, 0.25) is 0 Å². The molecule has 0 aliphatic heterocycles. The number of aliphatic carboxylic acids is 1. The van der Waals surface area contributed by atoms with Crippen LogP contribution >= 0.6 is 0 Å². The highest BCUT2D eigenvalue weighted by Gasteiger charge is 1.97. The molecule has 0 aromatic carbocycles. The fourth-order valence-electron chi connectivity index (χ4n) is 0.742. The fraction of sp³-hybridized carbons (Fsp3) is 0.600. The van der Waals surface area contributed by atoms with Crippen molar-refractivity contribution in [2.24, 2.45) is 0 Å². The summed E-state index contributed by atoms with van der Waals surface area (Å²) >= 11 is 0. The molecule has 0 aromatic rings. The molecule has 0 bridgehead atoms. The monoisotopic (exact) mass is 232 g/mol. The van der Waals surface area contributed by atoms with Crippen molar-refractivity contribution < 1.29 is 28.9 Å². The lowest BCUT2D eigenvalue weighted by atomic mass is 10.5. The van der Waals surface area contributed by atoms with Gasteiger partial charge in [-0.15, -0.1) is 0 Å². The van der Waals surface area contributed by atoms with Gasteiger partial charge in [-0.3, -0.25) is 4.79 Å². The zero-order chi connectivity index (χ0) is 12.2. The van der Waals surface area contributed by atoms with Crippen molar-refractivity contribution in [2.75, 3.05) is 33.0 Å². The highest BCUT2D eigenvalue weighted by molar-refractivity contribution is 5.81. The van der Waals surface area contributed by atoms with Crippen LogP contribution in [0.15, 0.2) is 12.7 Å². The molecule has 0 fully saturated rings. The van der Waals surface area contributed by atoms with E-state index in [0.29, 0.717) is 13.2 Å². The molecule has 6 nitrogen and oxygen atoms in total. The second-order valence-corrected chi connectivity index (χ2v) is 2.74. The molecule has 0 atom stereocenters. The smallest absolute Gasteiger partial charge is 0.330 e. The summed E-state index contributed by atoms with van der Waals surface area (Å²) in [4.78, 5) is 20.7. The van der Waals surface area contributed by atoms with Crippen LogP contribution in [0.25, 0.3) is 0 Å². The van der Waals surface area contributed by atoms with Gasteiger partial charge in [0.1, 0.15) is 6.61 Å². The van der Waals surface area contributed by atoms with Crippen LogP contribution in [-0.4, -0.2) is 50.1 Å². The van der Waals surface area contributed by atoms with E-state index in [1.165, 1.54) is 0 Å². The third-order valence-corrected chi connectivity index (χ3v) is 1.47. The highest BCUT2D eigenvalue weighted by Crippen LogP contribution is 1.85. The Kier molecular flexibility index (Phi) is 9.24. The molecular formula is C10H16O6. The molecule has 0 aliphatic rings. The van der Waals surface area contributed by atoms with Gasteiger partial charge in [-0.05, 0) is 0 Å². The van der Waals surface area contributed by atoms with Gasteiger partial charge >= 0.3 is 11.9 Å². The van der Waals surface area contributed by atoms with Crippen molar-refractivity contribution >= 4 is 11.9 Å². The first-order valence-electron chi connectivity index (χ1n) is 4.83. The van der Waals surface area contributed by atoms with E-state index in [1.807, 2.05) is 0 Å². The zero-order valence-corrected chi connectivity index (χ0v) is 9.02. The van der Waals surface area contributed by atoms with E-state index in [2.05, 4.69) is 11.3 Å². The summed E-state index contributed by atoms with van der Waals surface area (Å²) < 4.78 is 14.7. The second kappa shape index (κ2) is 10.1. The molecule has 0 aliphatic carbocycles. The average Bonchev–Trinajstić information content (AvgIpc) is 2.26. The number of carbonyl (C=O) groups excluding carboxylic acids is 1. The summed E-state index contributed by atoms with van der Waals surface area (Å²) in [6, 6.07) is 0. The van der Waals surface area contributed by atoms with Crippen LogP contribution < -0.4 is 0 Å². The van der Waals surface area contributed by atoms with Crippen molar-refractivity contribution in [3.8, 4) is 0 Å². The Morgan fingerprint density at radius 1 is 1.06 bits per heavy atom. The number of hydrogen-bond acceptors (Lipinski definition) is 5. The first-order valence-corrected chi connectivity index (χ1v) is 4.83. The van der Waals surface area contributed by atoms with Gasteiger partial charge in [0.05, 0.1) is 32.8 Å². The Bertz CT molecular complexity index is 225. The molecule has 0 aromatic heterocycles. The molecule has 92 valence electrons. The molecule has 16 heavy (non-hydrogen) atoms. The van der Waals surface area contributed by atoms with E-state index in [1.54, 1.807) is 0 Å². The minimum Gasteiger partial charge on any atom is -0.481 e. The van der Waals surface area contributed by atoms with Crippen LogP contribution in [-0.2, 0) is 23.8 Å². The van der Waals surface area contributed by atoms with Crippen molar-refractivity contribution in [1.29, 1.82) is 0 Å². The summed E-state index contributed by atoms with van der Waals surface area (Å²) in [5.41, 5.74) is 0. The summed E-state index contributed by atoms with van der Waals surface area (Å²) in [5.74, 6) is -1.38. The van der Waals surface area contributed by atoms with Crippen LogP contribution in [0.1, 0.15) is 6.42 Å². The quantitative estimate of drug-likeness (QED) is 0.330. The van der Waals surface area contributed by atoms with Gasteiger partial charge in [0, 0.05) is 6.08 Å². The predicted octanol–water partition coefficient (Wildman–Crippen LogP) is 0.223. The van der Waals surface area contributed by atoms with E-state index < -0.39 is 11.9 Å². The molecule has 0 heterocycles. The van der Waals surface area contributed by atoms with Gasteiger partial charge in [0.15, 0.2) is 0 Å². The minimum atomic E-state index is -0.891. The molecule has 0 radical (unpaired) electrons. The maximum Gasteiger partial charge on any atom is 0.330 e. The Balaban J connectivity index is 3.07. The molecule has 0 amide bonds. The third-order valence-electron chi connectivity index (χ3n) is 1.47. The lowest BCUT2D eigenvalue weighted by Gasteiger charge is -2.05. The number of esters is 1. The normalized spacial score (nSPS) is 9.75. The maximum atomic E-state index is 10.6. The Labute approximate surface area is 93.8 Å². The third kappa shape index (κ3) is 10.7.